The second-order valence-corrected chi connectivity index (χ2v) is 3.80. The highest BCUT2D eigenvalue weighted by molar-refractivity contribution is 5.71. The number of para-hydroxylation sites is 1. The van der Waals surface area contributed by atoms with Crippen LogP contribution in [0, 0.1) is 0 Å². The van der Waals surface area contributed by atoms with Crippen molar-refractivity contribution in [2.24, 2.45) is 0 Å². The van der Waals surface area contributed by atoms with Crippen LogP contribution in [-0.2, 0) is 16.1 Å². The van der Waals surface area contributed by atoms with Gasteiger partial charge in [-0.1, -0.05) is 12.1 Å². The molecule has 5 heteroatoms. The summed E-state index contributed by atoms with van der Waals surface area (Å²) in [4.78, 5) is 11.4. The molecular weight excluding hydrogens is 246 g/mol. The molecule has 1 aromatic carbocycles. The fraction of sp³-hybridized carbons (Fsp3) is 0.500. The Kier molecular flexibility index (Phi) is 6.74. The van der Waals surface area contributed by atoms with Crippen molar-refractivity contribution in [3.8, 4) is 11.5 Å². The number of nitrogens with one attached hydrogen (secondary N) is 1. The minimum absolute atomic E-state index is 0.116. The fourth-order valence-electron chi connectivity index (χ4n) is 1.66. The van der Waals surface area contributed by atoms with Gasteiger partial charge in [0.2, 0.25) is 0 Å². The molecule has 106 valence electrons. The Hall–Kier alpha value is -1.75. The van der Waals surface area contributed by atoms with Crippen molar-refractivity contribution >= 4 is 5.97 Å². The van der Waals surface area contributed by atoms with E-state index in [2.05, 4.69) is 5.32 Å². The maximum Gasteiger partial charge on any atom is 0.344 e. The topological polar surface area (TPSA) is 56.8 Å². The lowest BCUT2D eigenvalue weighted by Gasteiger charge is -2.15. The Morgan fingerprint density at radius 2 is 2.00 bits per heavy atom. The van der Waals surface area contributed by atoms with Crippen LogP contribution in [0.4, 0.5) is 0 Å². The molecule has 1 rings (SSSR count). The number of ether oxygens (including phenoxy) is 3. The maximum absolute atomic E-state index is 11.4. The van der Waals surface area contributed by atoms with Crippen LogP contribution in [0.1, 0.15) is 19.4 Å². The van der Waals surface area contributed by atoms with E-state index in [9.17, 15) is 4.79 Å². The lowest BCUT2D eigenvalue weighted by molar-refractivity contribution is -0.145. The number of carbonyl (C=O) groups is 1. The molecule has 5 nitrogen and oxygen atoms in total. The molecule has 0 spiro atoms. The molecule has 0 heterocycles. The van der Waals surface area contributed by atoms with Gasteiger partial charge in [0.15, 0.2) is 18.1 Å². The molecule has 0 atom stereocenters. The first-order chi connectivity index (χ1) is 9.22. The summed E-state index contributed by atoms with van der Waals surface area (Å²) >= 11 is 0. The average molecular weight is 267 g/mol. The Morgan fingerprint density at radius 1 is 1.21 bits per heavy atom. The monoisotopic (exact) mass is 267 g/mol. The highest BCUT2D eigenvalue weighted by atomic mass is 16.6. The largest absolute Gasteiger partial charge is 0.490 e. The van der Waals surface area contributed by atoms with E-state index in [-0.39, 0.29) is 12.6 Å². The van der Waals surface area contributed by atoms with Crippen molar-refractivity contribution in [2.45, 2.75) is 20.4 Å². The van der Waals surface area contributed by atoms with Crippen LogP contribution in [0.3, 0.4) is 0 Å². The van der Waals surface area contributed by atoms with Gasteiger partial charge in [0.25, 0.3) is 0 Å². The minimum atomic E-state index is -0.385. The lowest BCUT2D eigenvalue weighted by atomic mass is 10.2. The third kappa shape index (κ3) is 4.79. The molecule has 0 aliphatic rings. The Labute approximate surface area is 113 Å². The van der Waals surface area contributed by atoms with Gasteiger partial charge in [-0.15, -0.1) is 0 Å². The zero-order valence-electron chi connectivity index (χ0n) is 11.7. The number of rotatable bonds is 8. The first-order valence-electron chi connectivity index (χ1n) is 6.40. The average Bonchev–Trinajstić information content (AvgIpc) is 2.39. The summed E-state index contributed by atoms with van der Waals surface area (Å²) < 4.78 is 15.9. The summed E-state index contributed by atoms with van der Waals surface area (Å²) in [5.41, 5.74) is 0.942. The van der Waals surface area contributed by atoms with E-state index < -0.39 is 0 Å². The number of hydrogen-bond donors (Lipinski definition) is 1. The van der Waals surface area contributed by atoms with E-state index in [1.165, 1.54) is 0 Å². The van der Waals surface area contributed by atoms with E-state index in [1.807, 2.05) is 32.2 Å². The maximum atomic E-state index is 11.4. The van der Waals surface area contributed by atoms with Crippen LogP contribution in [0.5, 0.6) is 11.5 Å². The minimum Gasteiger partial charge on any atom is -0.490 e. The van der Waals surface area contributed by atoms with Gasteiger partial charge in [-0.25, -0.2) is 4.79 Å². The predicted octanol–water partition coefficient (Wildman–Crippen LogP) is 1.75. The van der Waals surface area contributed by atoms with Crippen LogP contribution < -0.4 is 14.8 Å². The Morgan fingerprint density at radius 3 is 2.63 bits per heavy atom. The van der Waals surface area contributed by atoms with Gasteiger partial charge in [0.05, 0.1) is 13.2 Å². The second kappa shape index (κ2) is 8.37. The van der Waals surface area contributed by atoms with E-state index in [4.69, 9.17) is 14.2 Å². The van der Waals surface area contributed by atoms with Gasteiger partial charge in [-0.2, -0.15) is 0 Å². The summed E-state index contributed by atoms with van der Waals surface area (Å²) in [5.74, 6) is 0.843. The summed E-state index contributed by atoms with van der Waals surface area (Å²) in [6.07, 6.45) is 0. The van der Waals surface area contributed by atoms with Crippen molar-refractivity contribution in [3.05, 3.63) is 23.8 Å². The van der Waals surface area contributed by atoms with Gasteiger partial charge in [0, 0.05) is 12.1 Å². The van der Waals surface area contributed by atoms with E-state index in [0.717, 1.165) is 5.56 Å². The van der Waals surface area contributed by atoms with E-state index in [0.29, 0.717) is 31.3 Å². The van der Waals surface area contributed by atoms with E-state index >= 15 is 0 Å². The molecule has 0 bridgehead atoms. The number of esters is 1. The van der Waals surface area contributed by atoms with Gasteiger partial charge < -0.3 is 19.5 Å². The van der Waals surface area contributed by atoms with Crippen molar-refractivity contribution in [1.82, 2.24) is 5.32 Å². The standard InChI is InChI=1S/C14H21NO4/c1-4-17-12-8-6-7-11(9-15-3)14(12)19-10-13(16)18-5-2/h6-8,15H,4-5,9-10H2,1-3H3. The van der Waals surface area contributed by atoms with Gasteiger partial charge in [0.1, 0.15) is 0 Å². The Bertz CT molecular complexity index is 382. The molecule has 0 aliphatic carbocycles. The van der Waals surface area contributed by atoms with Crippen LogP contribution in [0.2, 0.25) is 0 Å². The molecule has 0 saturated carbocycles. The second-order valence-electron chi connectivity index (χ2n) is 3.80. The van der Waals surface area contributed by atoms with Crippen LogP contribution in [0.25, 0.3) is 0 Å². The first-order valence-corrected chi connectivity index (χ1v) is 6.40. The lowest BCUT2D eigenvalue weighted by Crippen LogP contribution is -2.16. The van der Waals surface area contributed by atoms with Crippen molar-refractivity contribution in [3.63, 3.8) is 0 Å². The van der Waals surface area contributed by atoms with Gasteiger partial charge in [-0.3, -0.25) is 0 Å². The number of benzene rings is 1. The van der Waals surface area contributed by atoms with Crippen LogP contribution in [0.15, 0.2) is 18.2 Å². The van der Waals surface area contributed by atoms with Crippen molar-refractivity contribution in [2.75, 3.05) is 26.9 Å². The molecular formula is C14H21NO4. The molecule has 0 amide bonds. The third-order valence-corrected chi connectivity index (χ3v) is 2.37. The quantitative estimate of drug-likeness (QED) is 0.727. The molecule has 19 heavy (non-hydrogen) atoms. The molecule has 0 aromatic heterocycles. The van der Waals surface area contributed by atoms with Crippen molar-refractivity contribution in [1.29, 1.82) is 0 Å². The molecule has 1 N–H and O–H groups in total. The number of carbonyl (C=O) groups excluding carboxylic acids is 1. The SMILES string of the molecule is CCOC(=O)COc1c(CNC)cccc1OCC. The Balaban J connectivity index is 2.83. The summed E-state index contributed by atoms with van der Waals surface area (Å²) in [6.45, 7) is 5.07. The van der Waals surface area contributed by atoms with Crippen LogP contribution >= 0.6 is 0 Å². The van der Waals surface area contributed by atoms with Gasteiger partial charge >= 0.3 is 5.97 Å². The zero-order valence-corrected chi connectivity index (χ0v) is 11.7. The molecule has 0 saturated heterocycles. The molecule has 0 aliphatic heterocycles. The third-order valence-electron chi connectivity index (χ3n) is 2.37. The summed E-state index contributed by atoms with van der Waals surface area (Å²) in [7, 11) is 1.85. The fourth-order valence-corrected chi connectivity index (χ4v) is 1.66. The van der Waals surface area contributed by atoms with Crippen molar-refractivity contribution < 1.29 is 19.0 Å². The predicted molar refractivity (Wildman–Crippen MR) is 72.5 cm³/mol. The zero-order chi connectivity index (χ0) is 14.1. The molecule has 0 unspecified atom stereocenters. The molecule has 1 aromatic rings. The molecule has 0 fully saturated rings. The van der Waals surface area contributed by atoms with E-state index in [1.54, 1.807) is 6.92 Å². The highest BCUT2D eigenvalue weighted by Gasteiger charge is 2.12. The van der Waals surface area contributed by atoms with Gasteiger partial charge in [-0.05, 0) is 27.0 Å². The summed E-state index contributed by atoms with van der Waals surface area (Å²) in [6, 6.07) is 5.65. The summed E-state index contributed by atoms with van der Waals surface area (Å²) in [5, 5.41) is 3.05. The smallest absolute Gasteiger partial charge is 0.344 e. The number of hydrogen-bond acceptors (Lipinski definition) is 5. The first kappa shape index (κ1) is 15.3. The van der Waals surface area contributed by atoms with Crippen LogP contribution in [-0.4, -0.2) is 32.8 Å². The highest BCUT2D eigenvalue weighted by Crippen LogP contribution is 2.31. The normalized spacial score (nSPS) is 10.1. The molecule has 0 radical (unpaired) electrons.